The fourth-order valence-corrected chi connectivity index (χ4v) is 7.91. The van der Waals surface area contributed by atoms with Gasteiger partial charge in [-0.1, -0.05) is 23.5 Å². The number of fused-ring (bicyclic) bond motifs is 1. The van der Waals surface area contributed by atoms with Crippen LogP contribution in [0.4, 0.5) is 10.8 Å². The summed E-state index contributed by atoms with van der Waals surface area (Å²) in [7, 11) is -7.76. The molecule has 0 spiro atoms. The molecular formula is C22H24N4O6S3. The predicted octanol–water partition coefficient (Wildman–Crippen LogP) is 2.70. The molecule has 186 valence electrons. The summed E-state index contributed by atoms with van der Waals surface area (Å²) in [6.45, 7) is 1.61. The lowest BCUT2D eigenvalue weighted by Gasteiger charge is -2.30. The Morgan fingerprint density at radius 2 is 1.66 bits per heavy atom. The van der Waals surface area contributed by atoms with Crippen LogP contribution in [-0.4, -0.2) is 57.3 Å². The van der Waals surface area contributed by atoms with E-state index in [9.17, 15) is 26.4 Å². The molecule has 35 heavy (non-hydrogen) atoms. The molecule has 1 aliphatic heterocycles. The summed E-state index contributed by atoms with van der Waals surface area (Å²) in [5, 5.41) is 5.93. The second kappa shape index (κ2) is 9.64. The molecule has 0 aliphatic carbocycles. The van der Waals surface area contributed by atoms with Gasteiger partial charge in [-0.25, -0.2) is 21.8 Å². The average molecular weight is 537 g/mol. The Morgan fingerprint density at radius 1 is 1.00 bits per heavy atom. The maximum atomic E-state index is 13.1. The van der Waals surface area contributed by atoms with E-state index < -0.39 is 25.8 Å². The lowest BCUT2D eigenvalue weighted by molar-refractivity contribution is -0.121. The van der Waals surface area contributed by atoms with Crippen LogP contribution in [0.1, 0.15) is 19.8 Å². The maximum absolute atomic E-state index is 13.1. The van der Waals surface area contributed by atoms with E-state index in [4.69, 9.17) is 0 Å². The molecule has 0 bridgehead atoms. The van der Waals surface area contributed by atoms with Crippen LogP contribution in [-0.2, 0) is 29.4 Å². The number of nitrogens with zero attached hydrogens (tertiary/aromatic N) is 2. The zero-order chi connectivity index (χ0) is 25.4. The molecule has 3 aromatic rings. The maximum Gasteiger partial charge on any atom is 0.244 e. The third-order valence-corrected chi connectivity index (χ3v) is 9.80. The molecule has 0 atom stereocenters. The fourth-order valence-electron chi connectivity index (χ4n) is 3.93. The number of anilines is 2. The second-order valence-corrected chi connectivity index (χ2v) is 13.2. The number of sulfone groups is 1. The minimum Gasteiger partial charge on any atom is -0.326 e. The molecule has 0 unspecified atom stereocenters. The first kappa shape index (κ1) is 25.2. The number of carbonyl (C=O) groups excluding carboxylic acids is 2. The van der Waals surface area contributed by atoms with Crippen molar-refractivity contribution >= 4 is 64.0 Å². The van der Waals surface area contributed by atoms with Gasteiger partial charge < -0.3 is 10.6 Å². The summed E-state index contributed by atoms with van der Waals surface area (Å²) in [6.07, 6.45) is 1.56. The molecule has 1 aliphatic rings. The van der Waals surface area contributed by atoms with Gasteiger partial charge in [0, 0.05) is 37.9 Å². The minimum atomic E-state index is -4.03. The lowest BCUT2D eigenvalue weighted by atomic mass is 9.97. The highest BCUT2D eigenvalue weighted by molar-refractivity contribution is 7.93. The Balaban J connectivity index is 1.43. The molecule has 1 saturated heterocycles. The number of benzene rings is 2. The Hall–Kier alpha value is -2.87. The van der Waals surface area contributed by atoms with Crippen LogP contribution < -0.4 is 10.6 Å². The number of thiazole rings is 1. The summed E-state index contributed by atoms with van der Waals surface area (Å²) in [4.78, 5) is 28.0. The van der Waals surface area contributed by atoms with Crippen LogP contribution in [0.3, 0.4) is 0 Å². The van der Waals surface area contributed by atoms with Gasteiger partial charge in [-0.15, -0.1) is 0 Å². The zero-order valence-corrected chi connectivity index (χ0v) is 21.5. The quantitative estimate of drug-likeness (QED) is 0.493. The Morgan fingerprint density at radius 3 is 2.29 bits per heavy atom. The van der Waals surface area contributed by atoms with E-state index >= 15 is 0 Å². The van der Waals surface area contributed by atoms with Crippen LogP contribution in [0.2, 0.25) is 0 Å². The van der Waals surface area contributed by atoms with Gasteiger partial charge in [0.15, 0.2) is 15.0 Å². The van der Waals surface area contributed by atoms with Crippen LogP contribution in [0, 0.1) is 5.92 Å². The Labute approximate surface area is 207 Å². The van der Waals surface area contributed by atoms with Gasteiger partial charge in [0.05, 0.1) is 15.1 Å². The summed E-state index contributed by atoms with van der Waals surface area (Å²) >= 11 is 1.28. The van der Waals surface area contributed by atoms with Gasteiger partial charge in [0.1, 0.15) is 4.90 Å². The second-order valence-electron chi connectivity index (χ2n) is 8.27. The summed E-state index contributed by atoms with van der Waals surface area (Å²) in [6, 6.07) is 10.8. The van der Waals surface area contributed by atoms with Crippen molar-refractivity contribution in [2.24, 2.45) is 5.92 Å². The molecule has 1 fully saturated rings. The Kier molecular flexibility index (Phi) is 6.95. The standard InChI is InChI=1S/C22H24N4O6S3/c1-14(27)23-16-7-8-17-18(13-16)33-22(24-17)25-21(28)15-9-11-26(12-10-15)35(31,32)20-6-4-3-5-19(20)34(2,29)30/h3-8,13,15H,9-12H2,1-2H3,(H,23,27)(H,24,25,28). The number of rotatable bonds is 6. The number of piperidine rings is 1. The van der Waals surface area contributed by atoms with Crippen molar-refractivity contribution in [3.63, 3.8) is 0 Å². The van der Waals surface area contributed by atoms with Gasteiger partial charge in [0.25, 0.3) is 0 Å². The number of hydrogen-bond acceptors (Lipinski definition) is 8. The fraction of sp³-hybridized carbons (Fsp3) is 0.318. The van der Waals surface area contributed by atoms with Crippen molar-refractivity contribution in [1.29, 1.82) is 0 Å². The lowest BCUT2D eigenvalue weighted by Crippen LogP contribution is -2.41. The molecule has 2 heterocycles. The van der Waals surface area contributed by atoms with Gasteiger partial charge in [-0.3, -0.25) is 9.59 Å². The van der Waals surface area contributed by atoms with Crippen molar-refractivity contribution < 1.29 is 26.4 Å². The first-order chi connectivity index (χ1) is 16.4. The third kappa shape index (κ3) is 5.53. The first-order valence-electron chi connectivity index (χ1n) is 10.7. The van der Waals surface area contributed by atoms with Crippen molar-refractivity contribution in [2.45, 2.75) is 29.6 Å². The van der Waals surface area contributed by atoms with Crippen molar-refractivity contribution in [2.75, 3.05) is 30.0 Å². The van der Waals surface area contributed by atoms with Crippen LogP contribution >= 0.6 is 11.3 Å². The largest absolute Gasteiger partial charge is 0.326 e. The highest BCUT2D eigenvalue weighted by Gasteiger charge is 2.34. The monoisotopic (exact) mass is 536 g/mol. The van der Waals surface area contributed by atoms with Crippen LogP contribution in [0.15, 0.2) is 52.3 Å². The number of hydrogen-bond donors (Lipinski definition) is 2. The van der Waals surface area contributed by atoms with Gasteiger partial charge >= 0.3 is 0 Å². The molecule has 0 radical (unpaired) electrons. The smallest absolute Gasteiger partial charge is 0.244 e. The molecule has 2 N–H and O–H groups in total. The summed E-state index contributed by atoms with van der Waals surface area (Å²) in [5.74, 6) is -0.844. The van der Waals surface area contributed by atoms with Crippen molar-refractivity contribution in [3.8, 4) is 0 Å². The normalized spacial score (nSPS) is 15.7. The van der Waals surface area contributed by atoms with E-state index in [0.717, 1.165) is 11.0 Å². The molecule has 10 nitrogen and oxygen atoms in total. The molecule has 2 aromatic carbocycles. The Bertz CT molecular complexity index is 1510. The number of carbonyl (C=O) groups is 2. The third-order valence-electron chi connectivity index (χ3n) is 5.63. The highest BCUT2D eigenvalue weighted by Crippen LogP contribution is 2.31. The van der Waals surface area contributed by atoms with E-state index in [-0.39, 0.29) is 34.7 Å². The average Bonchev–Trinajstić information content (AvgIpc) is 3.19. The number of nitrogens with one attached hydrogen (secondary N) is 2. The predicted molar refractivity (Wildman–Crippen MR) is 134 cm³/mol. The van der Waals surface area contributed by atoms with Gasteiger partial charge in [0.2, 0.25) is 21.8 Å². The van der Waals surface area contributed by atoms with E-state index in [0.29, 0.717) is 29.2 Å². The number of sulfonamides is 1. The highest BCUT2D eigenvalue weighted by atomic mass is 32.2. The minimum absolute atomic E-state index is 0.0957. The SMILES string of the molecule is CC(=O)Nc1ccc2nc(NC(=O)C3CCN(S(=O)(=O)c4ccccc4S(C)(=O)=O)CC3)sc2c1. The zero-order valence-electron chi connectivity index (χ0n) is 19.0. The van der Waals surface area contributed by atoms with Crippen molar-refractivity contribution in [3.05, 3.63) is 42.5 Å². The topological polar surface area (TPSA) is 143 Å². The van der Waals surface area contributed by atoms with Crippen LogP contribution in [0.5, 0.6) is 0 Å². The van der Waals surface area contributed by atoms with E-state index in [1.807, 2.05) is 0 Å². The van der Waals surface area contributed by atoms with E-state index in [1.165, 1.54) is 46.8 Å². The summed E-state index contributed by atoms with van der Waals surface area (Å²) in [5.41, 5.74) is 1.32. The first-order valence-corrected chi connectivity index (χ1v) is 14.9. The van der Waals surface area contributed by atoms with E-state index in [1.54, 1.807) is 18.2 Å². The molecule has 0 saturated carbocycles. The van der Waals surface area contributed by atoms with Crippen LogP contribution in [0.25, 0.3) is 10.2 Å². The molecule has 4 rings (SSSR count). The molecular weight excluding hydrogens is 512 g/mol. The number of amides is 2. The summed E-state index contributed by atoms with van der Waals surface area (Å²) < 4.78 is 52.5. The molecule has 13 heteroatoms. The van der Waals surface area contributed by atoms with E-state index in [2.05, 4.69) is 15.6 Å². The van der Waals surface area contributed by atoms with Gasteiger partial charge in [-0.05, 0) is 43.2 Å². The van der Waals surface area contributed by atoms with Crippen molar-refractivity contribution in [1.82, 2.24) is 9.29 Å². The molecule has 2 amide bonds. The van der Waals surface area contributed by atoms with Gasteiger partial charge in [-0.2, -0.15) is 4.31 Å². The number of aromatic nitrogens is 1. The molecule has 1 aromatic heterocycles.